The van der Waals surface area contributed by atoms with Gasteiger partial charge in [0, 0.05) is 0 Å². The molecule has 0 fully saturated rings. The van der Waals surface area contributed by atoms with Crippen molar-refractivity contribution in [2.24, 2.45) is 5.73 Å². The van der Waals surface area contributed by atoms with Gasteiger partial charge in [0.1, 0.15) is 6.73 Å². The summed E-state index contributed by atoms with van der Waals surface area (Å²) < 4.78 is 33.0. The number of carbonyl (C=O) groups excluding carboxylic acids is 1. The van der Waals surface area contributed by atoms with Crippen LogP contribution in [0.25, 0.3) is 0 Å². The Labute approximate surface area is 111 Å². The van der Waals surface area contributed by atoms with Crippen molar-refractivity contribution in [2.75, 3.05) is 13.2 Å². The molecule has 0 saturated heterocycles. The molecule has 1 rings (SSSR count). The van der Waals surface area contributed by atoms with Crippen molar-refractivity contribution in [3.05, 3.63) is 28.2 Å². The van der Waals surface area contributed by atoms with Crippen molar-refractivity contribution in [3.8, 4) is 0 Å². The highest BCUT2D eigenvalue weighted by atomic mass is 31.2. The Kier molecular flexibility index (Phi) is 5.48. The van der Waals surface area contributed by atoms with E-state index < -0.39 is 44.3 Å². The maximum atomic E-state index is 13.0. The van der Waals surface area contributed by atoms with Crippen molar-refractivity contribution in [1.29, 1.82) is 0 Å². The third-order valence-electron chi connectivity index (χ3n) is 1.90. The predicted molar refractivity (Wildman–Crippen MR) is 60.9 cm³/mol. The topological polar surface area (TPSA) is 154 Å². The van der Waals surface area contributed by atoms with E-state index in [1.54, 1.807) is 0 Å². The molecule has 0 aromatic carbocycles. The summed E-state index contributed by atoms with van der Waals surface area (Å²) in [5.74, 6) is -2.29. The molecule has 1 aromatic heterocycles. The number of hydrogen-bond acceptors (Lipinski definition) is 6. The molecule has 0 aliphatic rings. The maximum Gasteiger partial charge on any atom is 0.469 e. The lowest BCUT2D eigenvalue weighted by Crippen LogP contribution is -2.32. The monoisotopic (exact) mass is 311 g/mol. The molecule has 1 amide bonds. The first-order valence-corrected chi connectivity index (χ1v) is 6.58. The predicted octanol–water partition coefficient (Wildman–Crippen LogP) is -1.44. The number of primary amides is 1. The molecule has 1 heterocycles. The Balaban J connectivity index is 2.63. The molecule has 0 aliphatic carbocycles. The lowest BCUT2D eigenvalue weighted by molar-refractivity contribution is 0.0433. The first-order chi connectivity index (χ1) is 9.20. The highest BCUT2D eigenvalue weighted by Crippen LogP contribution is 2.35. The molecule has 1 aromatic rings. The van der Waals surface area contributed by atoms with Crippen molar-refractivity contribution in [3.63, 3.8) is 0 Å². The van der Waals surface area contributed by atoms with Gasteiger partial charge in [-0.2, -0.15) is 4.39 Å². The molecular weight excluding hydrogens is 300 g/mol. The summed E-state index contributed by atoms with van der Waals surface area (Å²) in [6.45, 7) is -1.17. The molecule has 0 bridgehead atoms. The number of aromatic nitrogens is 2. The summed E-state index contributed by atoms with van der Waals surface area (Å²) >= 11 is 0. The normalized spacial score (nSPS) is 11.6. The molecule has 0 radical (unpaired) electrons. The van der Waals surface area contributed by atoms with Gasteiger partial charge in [0.2, 0.25) is 5.95 Å². The average molecular weight is 311 g/mol. The van der Waals surface area contributed by atoms with Crippen LogP contribution in [-0.4, -0.2) is 38.5 Å². The number of amides is 1. The van der Waals surface area contributed by atoms with Crippen LogP contribution in [-0.2, 0) is 20.6 Å². The van der Waals surface area contributed by atoms with Crippen LogP contribution in [0.5, 0.6) is 0 Å². The largest absolute Gasteiger partial charge is 0.469 e. The number of phosphoric ester groups is 1. The minimum Gasteiger partial charge on any atom is -0.364 e. The van der Waals surface area contributed by atoms with Crippen molar-refractivity contribution in [1.82, 2.24) is 9.55 Å². The number of hydrogen-bond donors (Lipinski definition) is 3. The highest BCUT2D eigenvalue weighted by molar-refractivity contribution is 7.46. The van der Waals surface area contributed by atoms with E-state index in [-0.39, 0.29) is 6.61 Å². The number of rotatable bonds is 7. The quantitative estimate of drug-likeness (QED) is 0.409. The lowest BCUT2D eigenvalue weighted by atomic mass is 10.4. The fourth-order valence-electron chi connectivity index (χ4n) is 1.14. The van der Waals surface area contributed by atoms with Crippen molar-refractivity contribution < 1.29 is 32.8 Å². The number of carbonyl (C=O) groups is 1. The number of phosphoric acid groups is 1. The van der Waals surface area contributed by atoms with E-state index in [1.165, 1.54) is 0 Å². The first-order valence-electron chi connectivity index (χ1n) is 5.05. The zero-order chi connectivity index (χ0) is 15.3. The minimum absolute atomic E-state index is 0.270. The lowest BCUT2D eigenvalue weighted by Gasteiger charge is -2.08. The molecule has 12 heteroatoms. The van der Waals surface area contributed by atoms with Gasteiger partial charge in [-0.05, 0) is 0 Å². The smallest absolute Gasteiger partial charge is 0.364 e. The number of ether oxygens (including phenoxy) is 1. The van der Waals surface area contributed by atoms with Gasteiger partial charge in [-0.25, -0.2) is 9.55 Å². The Morgan fingerprint density at radius 1 is 1.50 bits per heavy atom. The zero-order valence-corrected chi connectivity index (χ0v) is 10.8. The number of halogens is 1. The maximum absolute atomic E-state index is 13.0. The highest BCUT2D eigenvalue weighted by Gasteiger charge is 2.14. The summed E-state index contributed by atoms with van der Waals surface area (Å²) in [5, 5.41) is 0. The van der Waals surface area contributed by atoms with Crippen LogP contribution in [0.4, 0.5) is 4.39 Å². The Hall–Kier alpha value is -1.65. The summed E-state index contributed by atoms with van der Waals surface area (Å²) in [6.07, 6.45) is 0.693. The van der Waals surface area contributed by atoms with Gasteiger partial charge in [0.05, 0.1) is 19.4 Å². The van der Waals surface area contributed by atoms with E-state index in [0.29, 0.717) is 10.8 Å². The summed E-state index contributed by atoms with van der Waals surface area (Å²) in [4.78, 5) is 42.2. The molecule has 0 unspecified atom stereocenters. The summed E-state index contributed by atoms with van der Waals surface area (Å²) in [5.41, 5.74) is 3.12. The fraction of sp³-hybridized carbons (Fsp3) is 0.375. The molecular formula is C8H11FN3O7P. The van der Waals surface area contributed by atoms with Gasteiger partial charge >= 0.3 is 7.82 Å². The van der Waals surface area contributed by atoms with E-state index in [1.807, 2.05) is 0 Å². The van der Waals surface area contributed by atoms with Gasteiger partial charge in [-0.15, -0.1) is 0 Å². The molecule has 0 aliphatic heterocycles. The molecule has 10 nitrogen and oxygen atoms in total. The van der Waals surface area contributed by atoms with E-state index >= 15 is 0 Å². The Morgan fingerprint density at radius 3 is 2.70 bits per heavy atom. The number of nitrogens with zero attached hydrogens (tertiary/aromatic N) is 2. The van der Waals surface area contributed by atoms with Crippen LogP contribution in [0.2, 0.25) is 0 Å². The van der Waals surface area contributed by atoms with Gasteiger partial charge in [0.15, 0.2) is 5.69 Å². The molecule has 0 atom stereocenters. The second kappa shape index (κ2) is 6.68. The van der Waals surface area contributed by atoms with Crippen LogP contribution in [0.15, 0.2) is 11.0 Å². The van der Waals surface area contributed by atoms with Crippen LogP contribution in [0.3, 0.4) is 0 Å². The summed E-state index contributed by atoms with van der Waals surface area (Å²) in [6, 6.07) is 0. The van der Waals surface area contributed by atoms with E-state index in [0.717, 1.165) is 0 Å². The number of nitrogens with two attached hydrogens (primary N) is 1. The van der Waals surface area contributed by atoms with Crippen molar-refractivity contribution >= 4 is 13.7 Å². The fourth-order valence-corrected chi connectivity index (χ4v) is 1.45. The zero-order valence-electron chi connectivity index (χ0n) is 9.93. The van der Waals surface area contributed by atoms with Gasteiger partial charge in [-0.1, -0.05) is 0 Å². The molecule has 112 valence electrons. The van der Waals surface area contributed by atoms with Crippen molar-refractivity contribution in [2.45, 2.75) is 6.73 Å². The average Bonchev–Trinajstić information content (AvgIpc) is 2.30. The van der Waals surface area contributed by atoms with Gasteiger partial charge in [0.25, 0.3) is 11.5 Å². The van der Waals surface area contributed by atoms with E-state index in [9.17, 15) is 18.5 Å². The molecule has 20 heavy (non-hydrogen) atoms. The second-order valence-electron chi connectivity index (χ2n) is 3.41. The SMILES string of the molecule is NC(=O)c1nc(F)cn(COCCOP(=O)(O)O)c1=O. The van der Waals surface area contributed by atoms with Crippen LogP contribution >= 0.6 is 7.82 Å². The standard InChI is InChI=1S/C8H11FN3O7P/c9-5-3-12(8(14)6(11-5)7(10)13)4-18-1-2-19-20(15,16)17/h3H,1-2,4H2,(H2,10,13)(H2,15,16,17). The molecule has 0 spiro atoms. The van der Waals surface area contributed by atoms with Crippen LogP contribution < -0.4 is 11.3 Å². The molecule has 4 N–H and O–H groups in total. The third kappa shape index (κ3) is 5.15. The Bertz CT molecular complexity index is 598. The van der Waals surface area contributed by atoms with Gasteiger partial charge < -0.3 is 20.3 Å². The summed E-state index contributed by atoms with van der Waals surface area (Å²) in [7, 11) is -4.60. The van der Waals surface area contributed by atoms with Crippen LogP contribution in [0, 0.1) is 5.95 Å². The van der Waals surface area contributed by atoms with Gasteiger partial charge in [-0.3, -0.25) is 18.7 Å². The van der Waals surface area contributed by atoms with Crippen LogP contribution in [0.1, 0.15) is 10.5 Å². The second-order valence-corrected chi connectivity index (χ2v) is 4.65. The first kappa shape index (κ1) is 16.4. The Morgan fingerprint density at radius 2 is 2.15 bits per heavy atom. The molecule has 0 saturated carbocycles. The van der Waals surface area contributed by atoms with E-state index in [4.69, 9.17) is 20.3 Å². The third-order valence-corrected chi connectivity index (χ3v) is 2.41. The minimum atomic E-state index is -4.60. The van der Waals surface area contributed by atoms with E-state index in [2.05, 4.69) is 9.51 Å².